The molecule has 0 spiro atoms. The van der Waals surface area contributed by atoms with Gasteiger partial charge in [0.05, 0.1) is 16.4 Å². The number of hydrogen-bond donors (Lipinski definition) is 1. The molecule has 0 atom stereocenters. The number of anilines is 1. The molecule has 0 bridgehead atoms. The Hall–Kier alpha value is -2.73. The number of hydrazone groups is 1. The third-order valence-electron chi connectivity index (χ3n) is 4.61. The first-order valence-electron chi connectivity index (χ1n) is 9.83. The van der Waals surface area contributed by atoms with Crippen LogP contribution >= 0.6 is 22.6 Å². The van der Waals surface area contributed by atoms with Gasteiger partial charge in [0.1, 0.15) is 6.61 Å². The summed E-state index contributed by atoms with van der Waals surface area (Å²) in [6.07, 6.45) is 9.30. The molecule has 0 aliphatic carbocycles. The van der Waals surface area contributed by atoms with Gasteiger partial charge in [0.25, 0.3) is 5.91 Å². The Balaban J connectivity index is 1.65. The molecule has 1 amide bonds. The Kier molecular flexibility index (Phi) is 7.97. The quantitative estimate of drug-likeness (QED) is 0.248. The van der Waals surface area contributed by atoms with E-state index >= 15 is 0 Å². The fourth-order valence-corrected chi connectivity index (χ4v) is 3.99. The van der Waals surface area contributed by atoms with Crippen LogP contribution in [-0.2, 0) is 0 Å². The van der Waals surface area contributed by atoms with Crippen LogP contribution in [0.5, 0.6) is 11.5 Å². The van der Waals surface area contributed by atoms with Crippen LogP contribution in [0.4, 0.5) is 5.69 Å². The molecule has 0 unspecified atom stereocenters. The molecule has 0 aromatic heterocycles. The van der Waals surface area contributed by atoms with E-state index < -0.39 is 0 Å². The van der Waals surface area contributed by atoms with Gasteiger partial charge in [-0.15, -0.1) is 6.42 Å². The lowest BCUT2D eigenvalue weighted by Crippen LogP contribution is -2.19. The molecule has 156 valence electrons. The second-order valence-corrected chi connectivity index (χ2v) is 7.86. The number of carbonyl (C=O) groups excluding carboxylic acids is 1. The summed E-state index contributed by atoms with van der Waals surface area (Å²) in [4.78, 5) is 14.7. The predicted octanol–water partition coefficient (Wildman–Crippen LogP) is 4.07. The third kappa shape index (κ3) is 5.66. The summed E-state index contributed by atoms with van der Waals surface area (Å²) in [5.74, 6) is 3.39. The number of amides is 1. The standard InChI is InChI=1S/C23H24IN3O3/c1-3-13-30-22-20(24)14-17(15-21(22)29-4-2)16-25-26-23(28)18-7-9-19(10-8-18)27-11-5-6-12-27/h1,7-10,14-16H,4-6,11-13H2,2H3,(H,26,28)/b25-16-. The van der Waals surface area contributed by atoms with E-state index in [2.05, 4.69) is 43.9 Å². The normalized spacial score (nSPS) is 13.3. The fourth-order valence-electron chi connectivity index (χ4n) is 3.21. The van der Waals surface area contributed by atoms with E-state index in [9.17, 15) is 4.79 Å². The number of halogens is 1. The van der Waals surface area contributed by atoms with Gasteiger partial charge < -0.3 is 14.4 Å². The van der Waals surface area contributed by atoms with Crippen molar-refractivity contribution in [2.24, 2.45) is 5.10 Å². The van der Waals surface area contributed by atoms with Crippen molar-refractivity contribution in [3.63, 3.8) is 0 Å². The number of ether oxygens (including phenoxy) is 2. The predicted molar refractivity (Wildman–Crippen MR) is 128 cm³/mol. The Bertz CT molecular complexity index is 945. The number of hydrogen-bond acceptors (Lipinski definition) is 5. The van der Waals surface area contributed by atoms with Gasteiger partial charge >= 0.3 is 0 Å². The van der Waals surface area contributed by atoms with Gasteiger partial charge in [-0.1, -0.05) is 5.92 Å². The summed E-state index contributed by atoms with van der Waals surface area (Å²) in [6.45, 7) is 4.70. The zero-order chi connectivity index (χ0) is 21.3. The van der Waals surface area contributed by atoms with Gasteiger partial charge in [-0.2, -0.15) is 5.10 Å². The molecule has 1 saturated heterocycles. The molecular weight excluding hydrogens is 493 g/mol. The highest BCUT2D eigenvalue weighted by molar-refractivity contribution is 14.1. The number of terminal acetylenes is 1. The van der Waals surface area contributed by atoms with Crippen LogP contribution in [0.2, 0.25) is 0 Å². The Morgan fingerprint density at radius 3 is 2.67 bits per heavy atom. The molecule has 0 radical (unpaired) electrons. The molecule has 2 aromatic carbocycles. The maximum absolute atomic E-state index is 12.4. The van der Waals surface area contributed by atoms with E-state index in [1.165, 1.54) is 12.8 Å². The molecule has 3 rings (SSSR count). The molecule has 1 N–H and O–H groups in total. The number of nitrogens with zero attached hydrogens (tertiary/aromatic N) is 2. The summed E-state index contributed by atoms with van der Waals surface area (Å²) in [5.41, 5.74) is 5.07. The lowest BCUT2D eigenvalue weighted by molar-refractivity contribution is 0.0955. The van der Waals surface area contributed by atoms with E-state index in [1.807, 2.05) is 37.3 Å². The number of nitrogens with one attached hydrogen (secondary N) is 1. The van der Waals surface area contributed by atoms with E-state index in [0.717, 1.165) is 27.9 Å². The van der Waals surface area contributed by atoms with E-state index in [4.69, 9.17) is 15.9 Å². The zero-order valence-electron chi connectivity index (χ0n) is 16.9. The van der Waals surface area contributed by atoms with Crippen LogP contribution in [0.25, 0.3) is 0 Å². The van der Waals surface area contributed by atoms with Crippen LogP contribution in [-0.4, -0.2) is 38.4 Å². The third-order valence-corrected chi connectivity index (χ3v) is 5.41. The van der Waals surface area contributed by atoms with E-state index in [0.29, 0.717) is 23.7 Å². The van der Waals surface area contributed by atoms with Gasteiger partial charge in [0, 0.05) is 24.3 Å². The minimum absolute atomic E-state index is 0.163. The summed E-state index contributed by atoms with van der Waals surface area (Å²) < 4.78 is 12.1. The van der Waals surface area contributed by atoms with Crippen molar-refractivity contribution in [3.05, 3.63) is 51.1 Å². The van der Waals surface area contributed by atoms with Crippen molar-refractivity contribution in [1.29, 1.82) is 0 Å². The average molecular weight is 517 g/mol. The van der Waals surface area contributed by atoms with Crippen LogP contribution in [0.15, 0.2) is 41.5 Å². The van der Waals surface area contributed by atoms with Crippen LogP contribution in [0.1, 0.15) is 35.7 Å². The Morgan fingerprint density at radius 1 is 1.27 bits per heavy atom. The fraction of sp³-hybridized carbons (Fsp3) is 0.304. The molecule has 7 heteroatoms. The lowest BCUT2D eigenvalue weighted by Gasteiger charge is -2.17. The first-order chi connectivity index (χ1) is 14.6. The van der Waals surface area contributed by atoms with Gasteiger partial charge in [-0.3, -0.25) is 4.79 Å². The van der Waals surface area contributed by atoms with Crippen molar-refractivity contribution in [3.8, 4) is 23.8 Å². The SMILES string of the molecule is C#CCOc1c(I)cc(/C=N\NC(=O)c2ccc(N3CCCC3)cc2)cc1OCC. The second-order valence-electron chi connectivity index (χ2n) is 6.70. The lowest BCUT2D eigenvalue weighted by atomic mass is 10.2. The van der Waals surface area contributed by atoms with Crippen LogP contribution < -0.4 is 19.8 Å². The molecule has 6 nitrogen and oxygen atoms in total. The van der Waals surface area contributed by atoms with Crippen molar-refractivity contribution in [2.45, 2.75) is 19.8 Å². The second kappa shape index (κ2) is 10.9. The smallest absolute Gasteiger partial charge is 0.271 e. The minimum atomic E-state index is -0.257. The Labute approximate surface area is 190 Å². The van der Waals surface area contributed by atoms with Crippen LogP contribution in [0, 0.1) is 15.9 Å². The van der Waals surface area contributed by atoms with E-state index in [-0.39, 0.29) is 12.5 Å². The molecule has 0 saturated carbocycles. The molecule has 1 aliphatic heterocycles. The van der Waals surface area contributed by atoms with E-state index in [1.54, 1.807) is 12.3 Å². The van der Waals surface area contributed by atoms with Gasteiger partial charge in [0.2, 0.25) is 0 Å². The highest BCUT2D eigenvalue weighted by Crippen LogP contribution is 2.33. The van der Waals surface area contributed by atoms with Crippen molar-refractivity contribution in [1.82, 2.24) is 5.43 Å². The van der Waals surface area contributed by atoms with Crippen molar-refractivity contribution in [2.75, 3.05) is 31.2 Å². The van der Waals surface area contributed by atoms with Crippen molar-refractivity contribution < 1.29 is 14.3 Å². The first-order valence-corrected chi connectivity index (χ1v) is 10.9. The van der Waals surface area contributed by atoms with Gasteiger partial charge in [0.15, 0.2) is 11.5 Å². The topological polar surface area (TPSA) is 63.2 Å². The summed E-state index contributed by atoms with van der Waals surface area (Å²) in [6, 6.07) is 11.3. The Morgan fingerprint density at radius 2 is 2.00 bits per heavy atom. The maximum Gasteiger partial charge on any atom is 0.271 e. The summed E-state index contributed by atoms with van der Waals surface area (Å²) in [5, 5.41) is 4.08. The van der Waals surface area contributed by atoms with Gasteiger partial charge in [-0.25, -0.2) is 5.43 Å². The number of benzene rings is 2. The van der Waals surface area contributed by atoms with Crippen LogP contribution in [0.3, 0.4) is 0 Å². The summed E-state index contributed by atoms with van der Waals surface area (Å²) in [7, 11) is 0. The molecule has 1 heterocycles. The first kappa shape index (κ1) is 22.0. The highest BCUT2D eigenvalue weighted by atomic mass is 127. The average Bonchev–Trinajstić information content (AvgIpc) is 3.28. The molecule has 1 fully saturated rings. The van der Waals surface area contributed by atoms with Crippen molar-refractivity contribution >= 4 is 40.4 Å². The maximum atomic E-state index is 12.4. The highest BCUT2D eigenvalue weighted by Gasteiger charge is 2.13. The molecule has 30 heavy (non-hydrogen) atoms. The summed E-state index contributed by atoms with van der Waals surface area (Å²) >= 11 is 2.16. The zero-order valence-corrected chi connectivity index (χ0v) is 19.0. The molecular formula is C23H24IN3O3. The molecule has 1 aliphatic rings. The monoisotopic (exact) mass is 517 g/mol. The molecule has 2 aromatic rings. The van der Waals surface area contributed by atoms with Gasteiger partial charge in [-0.05, 0) is 84.3 Å². The largest absolute Gasteiger partial charge is 0.490 e. The minimum Gasteiger partial charge on any atom is -0.490 e. The number of carbonyl (C=O) groups is 1. The number of rotatable bonds is 8.